The quantitative estimate of drug-likeness (QED) is 0.767. The summed E-state index contributed by atoms with van der Waals surface area (Å²) in [6.45, 7) is 7.40. The van der Waals surface area contributed by atoms with Crippen LogP contribution in [0, 0.1) is 6.92 Å². The SMILES string of the molecule is CNCc1nn(C)c(C(C)C)c1C. The molecule has 3 nitrogen and oxygen atoms in total. The Kier molecular flexibility index (Phi) is 3.09. The van der Waals surface area contributed by atoms with E-state index in [-0.39, 0.29) is 0 Å². The van der Waals surface area contributed by atoms with Crippen LogP contribution in [0.3, 0.4) is 0 Å². The lowest BCUT2D eigenvalue weighted by atomic mass is 10.1. The lowest BCUT2D eigenvalue weighted by Crippen LogP contribution is -2.06. The van der Waals surface area contributed by atoms with Crippen LogP contribution in [0.25, 0.3) is 0 Å². The van der Waals surface area contributed by atoms with Crippen LogP contribution < -0.4 is 5.32 Å². The molecule has 0 saturated heterocycles. The van der Waals surface area contributed by atoms with Gasteiger partial charge >= 0.3 is 0 Å². The molecule has 13 heavy (non-hydrogen) atoms. The molecule has 74 valence electrons. The van der Waals surface area contributed by atoms with E-state index in [0.29, 0.717) is 5.92 Å². The molecule has 0 unspecified atom stereocenters. The molecule has 0 amide bonds. The van der Waals surface area contributed by atoms with Gasteiger partial charge in [-0.3, -0.25) is 4.68 Å². The van der Waals surface area contributed by atoms with Gasteiger partial charge in [0.15, 0.2) is 0 Å². The van der Waals surface area contributed by atoms with Crippen molar-refractivity contribution < 1.29 is 0 Å². The van der Waals surface area contributed by atoms with Gasteiger partial charge < -0.3 is 5.32 Å². The second-order valence-electron chi connectivity index (χ2n) is 3.77. The van der Waals surface area contributed by atoms with Crippen molar-refractivity contribution in [1.82, 2.24) is 15.1 Å². The summed E-state index contributed by atoms with van der Waals surface area (Å²) in [7, 11) is 3.96. The molecule has 0 radical (unpaired) electrons. The number of rotatable bonds is 3. The van der Waals surface area contributed by atoms with Crippen molar-refractivity contribution in [3.05, 3.63) is 17.0 Å². The third kappa shape index (κ3) is 1.91. The van der Waals surface area contributed by atoms with Gasteiger partial charge in [0.05, 0.1) is 5.69 Å². The third-order valence-corrected chi connectivity index (χ3v) is 2.33. The molecule has 0 atom stereocenters. The topological polar surface area (TPSA) is 29.9 Å². The van der Waals surface area contributed by atoms with Crippen LogP contribution in [0.5, 0.6) is 0 Å². The van der Waals surface area contributed by atoms with Crippen molar-refractivity contribution in [2.45, 2.75) is 33.2 Å². The molecule has 1 N–H and O–H groups in total. The Morgan fingerprint density at radius 3 is 2.46 bits per heavy atom. The van der Waals surface area contributed by atoms with Gasteiger partial charge in [-0.05, 0) is 25.5 Å². The van der Waals surface area contributed by atoms with E-state index in [2.05, 4.69) is 31.2 Å². The Bertz CT molecular complexity index is 287. The smallest absolute Gasteiger partial charge is 0.0794 e. The van der Waals surface area contributed by atoms with Gasteiger partial charge in [-0.1, -0.05) is 13.8 Å². The molecule has 3 heteroatoms. The zero-order valence-electron chi connectivity index (χ0n) is 9.18. The van der Waals surface area contributed by atoms with Gasteiger partial charge in [0.2, 0.25) is 0 Å². The van der Waals surface area contributed by atoms with Crippen LogP contribution in [0.1, 0.15) is 36.7 Å². The highest BCUT2D eigenvalue weighted by Gasteiger charge is 2.13. The van der Waals surface area contributed by atoms with Gasteiger partial charge in [-0.25, -0.2) is 0 Å². The average molecular weight is 181 g/mol. The van der Waals surface area contributed by atoms with Crippen LogP contribution in [-0.2, 0) is 13.6 Å². The number of hydrogen-bond donors (Lipinski definition) is 1. The first-order valence-corrected chi connectivity index (χ1v) is 4.74. The van der Waals surface area contributed by atoms with E-state index >= 15 is 0 Å². The van der Waals surface area contributed by atoms with E-state index in [1.807, 2.05) is 18.8 Å². The van der Waals surface area contributed by atoms with Gasteiger partial charge in [0.1, 0.15) is 0 Å². The van der Waals surface area contributed by atoms with Crippen molar-refractivity contribution >= 4 is 0 Å². The fourth-order valence-electron chi connectivity index (χ4n) is 1.84. The van der Waals surface area contributed by atoms with E-state index in [1.165, 1.54) is 11.3 Å². The number of nitrogens with zero attached hydrogens (tertiary/aromatic N) is 2. The normalized spacial score (nSPS) is 11.2. The molecule has 0 aromatic carbocycles. The van der Waals surface area contributed by atoms with Gasteiger partial charge in [0.25, 0.3) is 0 Å². The average Bonchev–Trinajstić information content (AvgIpc) is 2.28. The molecular weight excluding hydrogens is 162 g/mol. The predicted molar refractivity (Wildman–Crippen MR) is 54.8 cm³/mol. The monoisotopic (exact) mass is 181 g/mol. The molecule has 1 heterocycles. The first kappa shape index (κ1) is 10.3. The van der Waals surface area contributed by atoms with Crippen molar-refractivity contribution in [3.63, 3.8) is 0 Å². The van der Waals surface area contributed by atoms with E-state index in [4.69, 9.17) is 0 Å². The zero-order chi connectivity index (χ0) is 10.0. The number of aryl methyl sites for hydroxylation is 1. The van der Waals surface area contributed by atoms with Crippen LogP contribution in [0.4, 0.5) is 0 Å². The summed E-state index contributed by atoms with van der Waals surface area (Å²) in [6, 6.07) is 0. The van der Waals surface area contributed by atoms with Gasteiger partial charge in [-0.2, -0.15) is 5.10 Å². The second-order valence-corrected chi connectivity index (χ2v) is 3.77. The van der Waals surface area contributed by atoms with Crippen LogP contribution >= 0.6 is 0 Å². The fraction of sp³-hybridized carbons (Fsp3) is 0.700. The Labute approximate surface area is 80.1 Å². The molecule has 0 fully saturated rings. The van der Waals surface area contributed by atoms with Crippen molar-refractivity contribution in [3.8, 4) is 0 Å². The summed E-state index contributed by atoms with van der Waals surface area (Å²) in [6.07, 6.45) is 0. The minimum Gasteiger partial charge on any atom is -0.314 e. The Hall–Kier alpha value is -0.830. The van der Waals surface area contributed by atoms with Gasteiger partial charge in [0, 0.05) is 19.3 Å². The van der Waals surface area contributed by atoms with Crippen LogP contribution in [-0.4, -0.2) is 16.8 Å². The van der Waals surface area contributed by atoms with E-state index in [9.17, 15) is 0 Å². The fourth-order valence-corrected chi connectivity index (χ4v) is 1.84. The summed E-state index contributed by atoms with van der Waals surface area (Å²) in [5.41, 5.74) is 3.82. The molecule has 0 saturated carbocycles. The minimum atomic E-state index is 0.545. The van der Waals surface area contributed by atoms with Crippen molar-refractivity contribution in [2.75, 3.05) is 7.05 Å². The van der Waals surface area contributed by atoms with E-state index < -0.39 is 0 Å². The van der Waals surface area contributed by atoms with Crippen LogP contribution in [0.2, 0.25) is 0 Å². The van der Waals surface area contributed by atoms with Crippen molar-refractivity contribution in [1.29, 1.82) is 0 Å². The standard InChI is InChI=1S/C10H19N3/c1-7(2)10-8(3)9(6-11-4)12-13(10)5/h7,11H,6H2,1-5H3. The van der Waals surface area contributed by atoms with E-state index in [0.717, 1.165) is 12.2 Å². The first-order chi connectivity index (χ1) is 6.07. The van der Waals surface area contributed by atoms with Crippen LogP contribution in [0.15, 0.2) is 0 Å². The van der Waals surface area contributed by atoms with Crippen molar-refractivity contribution in [2.24, 2.45) is 7.05 Å². The molecule has 0 aliphatic rings. The zero-order valence-corrected chi connectivity index (χ0v) is 9.18. The number of aromatic nitrogens is 2. The highest BCUT2D eigenvalue weighted by molar-refractivity contribution is 5.26. The molecule has 1 rings (SSSR count). The maximum Gasteiger partial charge on any atom is 0.0794 e. The summed E-state index contributed by atoms with van der Waals surface area (Å²) < 4.78 is 1.99. The Morgan fingerprint density at radius 2 is 2.08 bits per heavy atom. The van der Waals surface area contributed by atoms with E-state index in [1.54, 1.807) is 0 Å². The number of hydrogen-bond acceptors (Lipinski definition) is 2. The predicted octanol–water partition coefficient (Wildman–Crippen LogP) is 1.57. The highest BCUT2D eigenvalue weighted by Crippen LogP contribution is 2.20. The molecule has 1 aromatic rings. The molecular formula is C10H19N3. The maximum atomic E-state index is 4.48. The molecule has 0 spiro atoms. The second kappa shape index (κ2) is 3.92. The molecule has 1 aromatic heterocycles. The Balaban J connectivity index is 3.07. The van der Waals surface area contributed by atoms with Gasteiger partial charge in [-0.15, -0.1) is 0 Å². The third-order valence-electron chi connectivity index (χ3n) is 2.33. The first-order valence-electron chi connectivity index (χ1n) is 4.74. The summed E-state index contributed by atoms with van der Waals surface area (Å²) >= 11 is 0. The largest absolute Gasteiger partial charge is 0.314 e. The molecule has 0 aliphatic carbocycles. The number of nitrogens with one attached hydrogen (secondary N) is 1. The molecule has 0 aliphatic heterocycles. The summed E-state index contributed by atoms with van der Waals surface area (Å²) in [5.74, 6) is 0.545. The Morgan fingerprint density at radius 1 is 1.46 bits per heavy atom. The molecule has 0 bridgehead atoms. The minimum absolute atomic E-state index is 0.545. The lowest BCUT2D eigenvalue weighted by Gasteiger charge is -2.06. The highest BCUT2D eigenvalue weighted by atomic mass is 15.3. The lowest BCUT2D eigenvalue weighted by molar-refractivity contribution is 0.653. The summed E-state index contributed by atoms with van der Waals surface area (Å²) in [4.78, 5) is 0. The maximum absolute atomic E-state index is 4.48. The summed E-state index contributed by atoms with van der Waals surface area (Å²) in [5, 5.41) is 7.60.